The lowest BCUT2D eigenvalue weighted by atomic mass is 10.00. The summed E-state index contributed by atoms with van der Waals surface area (Å²) in [6, 6.07) is 16.0. The van der Waals surface area contributed by atoms with E-state index >= 15 is 4.39 Å². The van der Waals surface area contributed by atoms with Crippen LogP contribution in [0.25, 0.3) is 22.6 Å². The lowest BCUT2D eigenvalue weighted by Crippen LogP contribution is -2.42. The number of nitrogens with zero attached hydrogens (tertiary/aromatic N) is 5. The van der Waals surface area contributed by atoms with Gasteiger partial charge in [0.2, 0.25) is 12.3 Å². The van der Waals surface area contributed by atoms with E-state index in [0.29, 0.717) is 23.2 Å². The van der Waals surface area contributed by atoms with Gasteiger partial charge in [0, 0.05) is 24.2 Å². The van der Waals surface area contributed by atoms with E-state index in [0.717, 1.165) is 37.7 Å². The highest BCUT2D eigenvalue weighted by Gasteiger charge is 2.25. The monoisotopic (exact) mass is 567 g/mol. The molecular weight excluding hydrogens is 538 g/mol. The molecule has 5 rings (SSSR count). The van der Waals surface area contributed by atoms with Gasteiger partial charge in [-0.3, -0.25) is 4.79 Å². The molecule has 41 heavy (non-hydrogen) atoms. The van der Waals surface area contributed by atoms with Crippen molar-refractivity contribution in [3.05, 3.63) is 83.8 Å². The molecule has 0 N–H and O–H groups in total. The van der Waals surface area contributed by atoms with Crippen LogP contribution in [0.3, 0.4) is 0 Å². The summed E-state index contributed by atoms with van der Waals surface area (Å²) in [5.41, 5.74) is 3.01. The smallest absolute Gasteiger partial charge is 0.314 e. The molecule has 0 unspecified atom stereocenters. The Hall–Kier alpha value is -4.25. The quantitative estimate of drug-likeness (QED) is 0.174. The summed E-state index contributed by atoms with van der Waals surface area (Å²) in [6.07, 6.45) is -0.417. The van der Waals surface area contributed by atoms with Crippen LogP contribution in [0.4, 0.5) is 28.9 Å². The normalized spacial score (nSPS) is 14.4. The highest BCUT2D eigenvalue weighted by Crippen LogP contribution is 2.37. The molecule has 1 saturated heterocycles. The Balaban J connectivity index is 1.49. The fourth-order valence-corrected chi connectivity index (χ4v) is 5.09. The molecule has 1 amide bonds. The van der Waals surface area contributed by atoms with Gasteiger partial charge in [-0.05, 0) is 80.5 Å². The van der Waals surface area contributed by atoms with Crippen LogP contribution in [-0.2, 0) is 11.3 Å². The van der Waals surface area contributed by atoms with Crippen molar-refractivity contribution < 1.29 is 26.8 Å². The van der Waals surface area contributed by atoms with Gasteiger partial charge >= 0.3 is 6.43 Å². The summed E-state index contributed by atoms with van der Waals surface area (Å²) in [5.74, 6) is -2.13. The van der Waals surface area contributed by atoms with Crippen molar-refractivity contribution in [3.8, 4) is 22.6 Å². The maximum atomic E-state index is 15.3. The number of hydrogen-bond acceptors (Lipinski definition) is 6. The first kappa shape index (κ1) is 28.3. The van der Waals surface area contributed by atoms with Crippen molar-refractivity contribution >= 4 is 17.8 Å². The Kier molecular flexibility index (Phi) is 8.34. The van der Waals surface area contributed by atoms with Crippen LogP contribution in [0.1, 0.15) is 30.7 Å². The van der Waals surface area contributed by atoms with Crippen molar-refractivity contribution in [2.75, 3.05) is 37.0 Å². The standard InChI is InChI=1S/C30H29F4N5O2/c1-37-12-10-24(11-13-37)38(2)26-9-8-20(19-4-3-5-23(31)14-19)16-27(26)39(18-40)17-22-7-6-21(15-25(22)32)29-35-36-30(41-29)28(33)34/h3-9,14-16,18,24,28H,10-13,17H2,1-2H3. The van der Waals surface area contributed by atoms with Gasteiger partial charge in [0.05, 0.1) is 17.9 Å². The SMILES string of the molecule is CN1CCC(N(C)c2ccc(-c3cccc(F)c3)cc2N(C=O)Cc2ccc(-c3nnc(C(F)F)o3)cc2F)CC1. The van der Waals surface area contributed by atoms with E-state index in [-0.39, 0.29) is 35.4 Å². The molecule has 11 heteroatoms. The highest BCUT2D eigenvalue weighted by molar-refractivity contribution is 5.87. The molecule has 0 radical (unpaired) electrons. The number of likely N-dealkylation sites (tertiary alicyclic amines) is 1. The van der Waals surface area contributed by atoms with Crippen LogP contribution in [0.15, 0.2) is 65.1 Å². The third-order valence-corrected chi connectivity index (χ3v) is 7.45. The second-order valence-electron chi connectivity index (χ2n) is 10.1. The minimum absolute atomic E-state index is 0.109. The van der Waals surface area contributed by atoms with Crippen LogP contribution in [0.2, 0.25) is 0 Å². The summed E-state index contributed by atoms with van der Waals surface area (Å²) in [5, 5.41) is 6.84. The van der Waals surface area contributed by atoms with Crippen molar-refractivity contribution in [1.29, 1.82) is 0 Å². The largest absolute Gasteiger partial charge is 0.415 e. The number of benzene rings is 3. The Morgan fingerprint density at radius 2 is 1.71 bits per heavy atom. The van der Waals surface area contributed by atoms with Crippen LogP contribution < -0.4 is 9.80 Å². The first-order valence-corrected chi connectivity index (χ1v) is 13.2. The van der Waals surface area contributed by atoms with E-state index < -0.39 is 18.1 Å². The molecule has 0 atom stereocenters. The zero-order valence-electron chi connectivity index (χ0n) is 22.6. The van der Waals surface area contributed by atoms with E-state index in [4.69, 9.17) is 4.42 Å². The van der Waals surface area contributed by atoms with E-state index in [2.05, 4.69) is 27.0 Å². The number of aromatic nitrogens is 2. The van der Waals surface area contributed by atoms with E-state index in [9.17, 15) is 18.0 Å². The van der Waals surface area contributed by atoms with Gasteiger partial charge in [0.15, 0.2) is 0 Å². The van der Waals surface area contributed by atoms with Crippen molar-refractivity contribution in [1.82, 2.24) is 15.1 Å². The molecule has 7 nitrogen and oxygen atoms in total. The number of carbonyl (C=O) groups is 1. The highest BCUT2D eigenvalue weighted by atomic mass is 19.3. The minimum Gasteiger partial charge on any atom is -0.415 e. The summed E-state index contributed by atoms with van der Waals surface area (Å²) in [6.45, 7) is 1.78. The predicted octanol–water partition coefficient (Wildman–Crippen LogP) is 6.31. The number of piperidine rings is 1. The number of carbonyl (C=O) groups excluding carboxylic acids is 1. The predicted molar refractivity (Wildman–Crippen MR) is 148 cm³/mol. The molecule has 3 aromatic carbocycles. The van der Waals surface area contributed by atoms with Crippen molar-refractivity contribution in [2.45, 2.75) is 31.9 Å². The fraction of sp³-hybridized carbons (Fsp3) is 0.300. The zero-order valence-corrected chi connectivity index (χ0v) is 22.6. The first-order chi connectivity index (χ1) is 19.7. The minimum atomic E-state index is -2.94. The molecule has 0 aliphatic carbocycles. The number of hydrogen-bond donors (Lipinski definition) is 0. The number of rotatable bonds is 9. The van der Waals surface area contributed by atoms with Gasteiger partial charge in [0.1, 0.15) is 11.6 Å². The summed E-state index contributed by atoms with van der Waals surface area (Å²) in [7, 11) is 4.06. The molecule has 0 spiro atoms. The van der Waals surface area contributed by atoms with Gasteiger partial charge in [-0.15, -0.1) is 10.2 Å². The second kappa shape index (κ2) is 12.1. The number of alkyl halides is 2. The lowest BCUT2D eigenvalue weighted by Gasteiger charge is -2.38. The van der Waals surface area contributed by atoms with Gasteiger partial charge in [-0.25, -0.2) is 8.78 Å². The molecule has 0 saturated carbocycles. The Bertz CT molecular complexity index is 1520. The molecule has 214 valence electrons. The summed E-state index contributed by atoms with van der Waals surface area (Å²) < 4.78 is 59.9. The van der Waals surface area contributed by atoms with Crippen molar-refractivity contribution in [3.63, 3.8) is 0 Å². The topological polar surface area (TPSA) is 65.7 Å². The van der Waals surface area contributed by atoms with Crippen molar-refractivity contribution in [2.24, 2.45) is 0 Å². The van der Waals surface area contributed by atoms with Crippen LogP contribution in [-0.4, -0.2) is 54.7 Å². The molecule has 1 aliphatic heterocycles. The molecule has 1 aliphatic rings. The third-order valence-electron chi connectivity index (χ3n) is 7.45. The van der Waals surface area contributed by atoms with Crippen LogP contribution >= 0.6 is 0 Å². The Labute approximate surface area is 235 Å². The average Bonchev–Trinajstić information content (AvgIpc) is 3.47. The molecule has 2 heterocycles. The van der Waals surface area contributed by atoms with Gasteiger partial charge in [-0.1, -0.05) is 24.3 Å². The fourth-order valence-electron chi connectivity index (χ4n) is 5.09. The molecule has 4 aromatic rings. The molecule has 1 fully saturated rings. The van der Waals surface area contributed by atoms with Gasteiger partial charge in [0.25, 0.3) is 5.89 Å². The Morgan fingerprint density at radius 3 is 2.37 bits per heavy atom. The molecule has 1 aromatic heterocycles. The van der Waals surface area contributed by atoms with Crippen LogP contribution in [0.5, 0.6) is 0 Å². The number of anilines is 2. The Morgan fingerprint density at radius 1 is 0.976 bits per heavy atom. The van der Waals surface area contributed by atoms with E-state index in [1.165, 1.54) is 29.2 Å². The summed E-state index contributed by atoms with van der Waals surface area (Å²) in [4.78, 5) is 18.3. The zero-order chi connectivity index (χ0) is 29.1. The van der Waals surface area contributed by atoms with Gasteiger partial charge < -0.3 is 19.1 Å². The molecule has 0 bridgehead atoms. The third kappa shape index (κ3) is 6.25. The number of halogens is 4. The van der Waals surface area contributed by atoms with Crippen LogP contribution in [0, 0.1) is 11.6 Å². The van der Waals surface area contributed by atoms with E-state index in [1.54, 1.807) is 18.2 Å². The first-order valence-electron chi connectivity index (χ1n) is 13.2. The van der Waals surface area contributed by atoms with Gasteiger partial charge in [-0.2, -0.15) is 8.78 Å². The molecular formula is C30H29F4N5O2. The summed E-state index contributed by atoms with van der Waals surface area (Å²) >= 11 is 0. The maximum absolute atomic E-state index is 15.3. The lowest BCUT2D eigenvalue weighted by molar-refractivity contribution is -0.107. The number of amides is 1. The second-order valence-corrected chi connectivity index (χ2v) is 10.1. The van der Waals surface area contributed by atoms with E-state index in [1.807, 2.05) is 19.2 Å². The average molecular weight is 568 g/mol. The maximum Gasteiger partial charge on any atom is 0.314 e.